The topological polar surface area (TPSA) is 86.8 Å². The monoisotopic (exact) mass is 741 g/mol. The van der Waals surface area contributed by atoms with Gasteiger partial charge in [-0.15, -0.1) is 0 Å². The number of nitrogens with one attached hydrogen (secondary N) is 1. The molecule has 0 aliphatic heterocycles. The molecule has 0 unspecified atom stereocenters. The second kappa shape index (κ2) is 15.5. The predicted molar refractivity (Wildman–Crippen MR) is 186 cm³/mol. The van der Waals surface area contributed by atoms with E-state index in [0.717, 1.165) is 40.0 Å². The molecule has 1 saturated carbocycles. The Morgan fingerprint density at radius 1 is 0.826 bits per heavy atom. The van der Waals surface area contributed by atoms with Crippen LogP contribution in [0.25, 0.3) is 0 Å². The maximum atomic E-state index is 14.6. The highest BCUT2D eigenvalue weighted by molar-refractivity contribution is 9.10. The zero-order valence-corrected chi connectivity index (χ0v) is 28.9. The molecule has 1 aliphatic carbocycles. The summed E-state index contributed by atoms with van der Waals surface area (Å²) in [5.74, 6) is -0.894. The molecular weight excluding hydrogens is 709 g/mol. The van der Waals surface area contributed by atoms with Crippen LogP contribution in [0.3, 0.4) is 0 Å². The molecule has 240 valence electrons. The molecule has 0 saturated heterocycles. The molecular formula is C35H34BrCl2N3O4S. The highest BCUT2D eigenvalue weighted by Crippen LogP contribution is 2.30. The fourth-order valence-corrected chi connectivity index (χ4v) is 7.85. The van der Waals surface area contributed by atoms with Crippen molar-refractivity contribution in [1.82, 2.24) is 10.2 Å². The molecule has 0 heterocycles. The van der Waals surface area contributed by atoms with Crippen LogP contribution in [-0.2, 0) is 32.6 Å². The Labute approximate surface area is 288 Å². The minimum atomic E-state index is -4.19. The second-order valence-electron chi connectivity index (χ2n) is 11.2. The zero-order chi connectivity index (χ0) is 32.7. The molecule has 46 heavy (non-hydrogen) atoms. The molecule has 1 aliphatic rings. The summed E-state index contributed by atoms with van der Waals surface area (Å²) in [5, 5.41) is 3.83. The summed E-state index contributed by atoms with van der Waals surface area (Å²) in [6.45, 7) is -0.671. The third kappa shape index (κ3) is 8.31. The Balaban J connectivity index is 1.58. The van der Waals surface area contributed by atoms with Gasteiger partial charge in [-0.05, 0) is 66.9 Å². The zero-order valence-electron chi connectivity index (χ0n) is 25.0. The summed E-state index contributed by atoms with van der Waals surface area (Å²) < 4.78 is 30.0. The molecule has 1 atom stereocenters. The van der Waals surface area contributed by atoms with Crippen molar-refractivity contribution < 1.29 is 18.0 Å². The summed E-state index contributed by atoms with van der Waals surface area (Å²) in [6, 6.07) is 28.1. The largest absolute Gasteiger partial charge is 0.352 e. The van der Waals surface area contributed by atoms with Gasteiger partial charge in [0.05, 0.1) is 10.6 Å². The van der Waals surface area contributed by atoms with Crippen molar-refractivity contribution in [1.29, 1.82) is 0 Å². The number of hydrogen-bond donors (Lipinski definition) is 1. The molecule has 7 nitrogen and oxygen atoms in total. The molecule has 0 aromatic heterocycles. The SMILES string of the molecule is O=C(NC1CCCC1)[C@H](Cc1ccccc1)N(Cc1c(Cl)cccc1Cl)C(=O)CN(c1ccc(Br)cc1)S(=O)(=O)c1ccccc1. The highest BCUT2D eigenvalue weighted by Gasteiger charge is 2.36. The first kappa shape index (κ1) is 34.0. The van der Waals surface area contributed by atoms with E-state index in [1.165, 1.54) is 17.0 Å². The van der Waals surface area contributed by atoms with Crippen molar-refractivity contribution in [2.45, 2.75) is 55.6 Å². The summed E-state index contributed by atoms with van der Waals surface area (Å²) in [7, 11) is -4.19. The maximum Gasteiger partial charge on any atom is 0.264 e. The van der Waals surface area contributed by atoms with Gasteiger partial charge in [-0.25, -0.2) is 8.42 Å². The number of nitrogens with zero attached hydrogens (tertiary/aromatic N) is 2. The lowest BCUT2D eigenvalue weighted by Crippen LogP contribution is -2.54. The van der Waals surface area contributed by atoms with Gasteiger partial charge in [-0.2, -0.15) is 0 Å². The molecule has 1 N–H and O–H groups in total. The fraction of sp³-hybridized carbons (Fsp3) is 0.257. The molecule has 0 radical (unpaired) electrons. The van der Waals surface area contributed by atoms with E-state index in [1.807, 2.05) is 30.3 Å². The smallest absolute Gasteiger partial charge is 0.264 e. The Kier molecular flexibility index (Phi) is 11.4. The third-order valence-electron chi connectivity index (χ3n) is 8.09. The van der Waals surface area contributed by atoms with E-state index in [1.54, 1.807) is 60.7 Å². The van der Waals surface area contributed by atoms with Gasteiger partial charge >= 0.3 is 0 Å². The Morgan fingerprint density at radius 2 is 1.41 bits per heavy atom. The molecule has 4 aromatic carbocycles. The van der Waals surface area contributed by atoms with Gasteiger partial charge in [0, 0.05) is 39.1 Å². The first-order valence-electron chi connectivity index (χ1n) is 15.0. The van der Waals surface area contributed by atoms with Crippen LogP contribution in [0.2, 0.25) is 10.0 Å². The van der Waals surface area contributed by atoms with Crippen molar-refractivity contribution in [3.63, 3.8) is 0 Å². The molecule has 11 heteroatoms. The number of sulfonamides is 1. The molecule has 5 rings (SSSR count). The van der Waals surface area contributed by atoms with Gasteiger partial charge in [-0.1, -0.05) is 107 Å². The lowest BCUT2D eigenvalue weighted by atomic mass is 10.0. The predicted octanol–water partition coefficient (Wildman–Crippen LogP) is 7.65. The normalized spacial score (nSPS) is 14.1. The van der Waals surface area contributed by atoms with Gasteiger partial charge in [-0.3, -0.25) is 13.9 Å². The molecule has 0 bridgehead atoms. The Bertz CT molecular complexity index is 1730. The number of rotatable bonds is 12. The summed E-state index contributed by atoms with van der Waals surface area (Å²) in [4.78, 5) is 30.2. The second-order valence-corrected chi connectivity index (χ2v) is 14.8. The fourth-order valence-electron chi connectivity index (χ4n) is 5.63. The third-order valence-corrected chi connectivity index (χ3v) is 11.1. The first-order chi connectivity index (χ1) is 22.1. The number of benzene rings is 4. The van der Waals surface area contributed by atoms with Crippen molar-refractivity contribution in [2.24, 2.45) is 0 Å². The molecule has 0 spiro atoms. The number of anilines is 1. The summed E-state index contributed by atoms with van der Waals surface area (Å²) >= 11 is 16.6. The van der Waals surface area contributed by atoms with Crippen LogP contribution in [0.1, 0.15) is 36.8 Å². The van der Waals surface area contributed by atoms with E-state index in [-0.39, 0.29) is 29.8 Å². The number of amides is 2. The van der Waals surface area contributed by atoms with E-state index in [9.17, 15) is 18.0 Å². The number of hydrogen-bond acceptors (Lipinski definition) is 4. The van der Waals surface area contributed by atoms with Gasteiger partial charge in [0.25, 0.3) is 10.0 Å². The van der Waals surface area contributed by atoms with Crippen LogP contribution in [0.5, 0.6) is 0 Å². The van der Waals surface area contributed by atoms with Gasteiger partial charge < -0.3 is 10.2 Å². The van der Waals surface area contributed by atoms with E-state index >= 15 is 0 Å². The van der Waals surface area contributed by atoms with Crippen LogP contribution in [0.15, 0.2) is 112 Å². The quantitative estimate of drug-likeness (QED) is 0.162. The minimum Gasteiger partial charge on any atom is -0.352 e. The van der Waals surface area contributed by atoms with Crippen LogP contribution in [-0.4, -0.2) is 43.8 Å². The van der Waals surface area contributed by atoms with Crippen molar-refractivity contribution in [3.8, 4) is 0 Å². The lowest BCUT2D eigenvalue weighted by molar-refractivity contribution is -0.140. The van der Waals surface area contributed by atoms with E-state index in [2.05, 4.69) is 21.2 Å². The van der Waals surface area contributed by atoms with E-state index < -0.39 is 28.5 Å². The number of halogens is 3. The van der Waals surface area contributed by atoms with Crippen LogP contribution < -0.4 is 9.62 Å². The summed E-state index contributed by atoms with van der Waals surface area (Å²) in [5.41, 5.74) is 1.61. The molecule has 4 aromatic rings. The van der Waals surface area contributed by atoms with Crippen molar-refractivity contribution >= 4 is 66.7 Å². The Morgan fingerprint density at radius 3 is 2.02 bits per heavy atom. The van der Waals surface area contributed by atoms with Crippen LogP contribution in [0, 0.1) is 0 Å². The first-order valence-corrected chi connectivity index (χ1v) is 18.0. The Hall–Kier alpha value is -3.37. The van der Waals surface area contributed by atoms with Crippen molar-refractivity contribution in [3.05, 3.63) is 129 Å². The van der Waals surface area contributed by atoms with Crippen molar-refractivity contribution in [2.75, 3.05) is 10.8 Å². The highest BCUT2D eigenvalue weighted by atomic mass is 79.9. The van der Waals surface area contributed by atoms with Crippen LogP contribution >= 0.6 is 39.1 Å². The van der Waals surface area contributed by atoms with Gasteiger partial charge in [0.2, 0.25) is 11.8 Å². The van der Waals surface area contributed by atoms with E-state index in [0.29, 0.717) is 21.3 Å². The average Bonchev–Trinajstić information content (AvgIpc) is 3.57. The standard InChI is InChI=1S/C35H34BrCl2N3O4S/c36-26-18-20-28(21-19-26)41(46(44,45)29-14-5-2-6-15-29)24-34(42)40(23-30-31(37)16-9-17-32(30)38)33(22-25-10-3-1-4-11-25)35(43)39-27-12-7-8-13-27/h1-6,9-11,14-21,27,33H,7-8,12-13,22-24H2,(H,39,43)/t33-/m0/s1. The summed E-state index contributed by atoms with van der Waals surface area (Å²) in [6.07, 6.45) is 3.97. The lowest BCUT2D eigenvalue weighted by Gasteiger charge is -2.34. The number of carbonyl (C=O) groups excluding carboxylic acids is 2. The minimum absolute atomic E-state index is 0.00403. The van der Waals surface area contributed by atoms with Gasteiger partial charge in [0.1, 0.15) is 12.6 Å². The number of carbonyl (C=O) groups is 2. The van der Waals surface area contributed by atoms with E-state index in [4.69, 9.17) is 23.2 Å². The molecule has 2 amide bonds. The molecule has 1 fully saturated rings. The van der Waals surface area contributed by atoms with Gasteiger partial charge in [0.15, 0.2) is 0 Å². The van der Waals surface area contributed by atoms with Crippen LogP contribution in [0.4, 0.5) is 5.69 Å². The maximum absolute atomic E-state index is 14.6. The average molecular weight is 744 g/mol.